The van der Waals surface area contributed by atoms with E-state index in [4.69, 9.17) is 15.9 Å². The molecule has 0 bridgehead atoms. The highest BCUT2D eigenvalue weighted by atomic mass is 16.5. The first kappa shape index (κ1) is 16.5. The molecular weight excluding hydrogens is 296 g/mol. The molecule has 0 atom stereocenters. The van der Waals surface area contributed by atoms with E-state index in [2.05, 4.69) is 10.5 Å². The SMILES string of the molecule is CCOc1cc(/C=N/NC(=O)/C(N)=C/C(=N)C2CC2)ccc1O. The van der Waals surface area contributed by atoms with Crippen molar-refractivity contribution in [3.8, 4) is 11.5 Å². The van der Waals surface area contributed by atoms with Crippen molar-refractivity contribution in [3.05, 3.63) is 35.5 Å². The Hall–Kier alpha value is -2.83. The average molecular weight is 316 g/mol. The number of amides is 1. The highest BCUT2D eigenvalue weighted by Gasteiger charge is 2.25. The van der Waals surface area contributed by atoms with Crippen molar-refractivity contribution in [1.82, 2.24) is 5.43 Å². The molecule has 0 heterocycles. The topological polar surface area (TPSA) is 121 Å². The van der Waals surface area contributed by atoms with Crippen LogP contribution >= 0.6 is 0 Å². The smallest absolute Gasteiger partial charge is 0.287 e. The Balaban J connectivity index is 1.94. The lowest BCUT2D eigenvalue weighted by molar-refractivity contribution is -0.117. The first-order valence-corrected chi connectivity index (χ1v) is 7.36. The van der Waals surface area contributed by atoms with Crippen LogP contribution in [0, 0.1) is 11.3 Å². The quantitative estimate of drug-likeness (QED) is 0.346. The number of phenolic OH excluding ortho intramolecular Hbond substituents is 1. The summed E-state index contributed by atoms with van der Waals surface area (Å²) in [6.07, 6.45) is 4.74. The molecule has 2 rings (SSSR count). The Morgan fingerprint density at radius 1 is 1.57 bits per heavy atom. The van der Waals surface area contributed by atoms with Gasteiger partial charge in [-0.15, -0.1) is 0 Å². The second-order valence-electron chi connectivity index (χ2n) is 5.19. The van der Waals surface area contributed by atoms with Gasteiger partial charge in [0.1, 0.15) is 5.70 Å². The van der Waals surface area contributed by atoms with Crippen LogP contribution in [0.4, 0.5) is 0 Å². The summed E-state index contributed by atoms with van der Waals surface area (Å²) in [6.45, 7) is 2.24. The molecule has 0 spiro atoms. The van der Waals surface area contributed by atoms with E-state index in [1.807, 2.05) is 6.92 Å². The predicted molar refractivity (Wildman–Crippen MR) is 87.7 cm³/mol. The summed E-state index contributed by atoms with van der Waals surface area (Å²) in [7, 11) is 0. The fourth-order valence-corrected chi connectivity index (χ4v) is 1.86. The molecule has 122 valence electrons. The van der Waals surface area contributed by atoms with Gasteiger partial charge in [0.15, 0.2) is 11.5 Å². The van der Waals surface area contributed by atoms with Crippen molar-refractivity contribution in [1.29, 1.82) is 5.41 Å². The number of hydrogen-bond acceptors (Lipinski definition) is 6. The van der Waals surface area contributed by atoms with Gasteiger partial charge in [0.2, 0.25) is 0 Å². The van der Waals surface area contributed by atoms with Gasteiger partial charge in [-0.05, 0) is 49.6 Å². The Labute approximate surface area is 134 Å². The van der Waals surface area contributed by atoms with Crippen molar-refractivity contribution < 1.29 is 14.6 Å². The van der Waals surface area contributed by atoms with Gasteiger partial charge in [-0.3, -0.25) is 4.79 Å². The van der Waals surface area contributed by atoms with Crippen molar-refractivity contribution in [2.45, 2.75) is 19.8 Å². The molecule has 0 saturated heterocycles. The molecule has 1 aliphatic carbocycles. The molecule has 1 aromatic rings. The summed E-state index contributed by atoms with van der Waals surface area (Å²) >= 11 is 0. The molecule has 5 N–H and O–H groups in total. The monoisotopic (exact) mass is 316 g/mol. The Kier molecular flexibility index (Phi) is 5.35. The van der Waals surface area contributed by atoms with Crippen LogP contribution in [0.3, 0.4) is 0 Å². The number of hydrogen-bond donors (Lipinski definition) is 4. The lowest BCUT2D eigenvalue weighted by Crippen LogP contribution is -2.25. The standard InChI is InChI=1S/C16H20N4O3/c1-2-23-15-7-10(3-6-14(15)21)9-19-20-16(22)13(18)8-12(17)11-4-5-11/h3,6-9,11,17,21H,2,4-5,18H2,1H3,(H,20,22)/b13-8-,17-12?,19-9+. The van der Waals surface area contributed by atoms with Gasteiger partial charge in [-0.2, -0.15) is 5.10 Å². The maximum Gasteiger partial charge on any atom is 0.287 e. The fraction of sp³-hybridized carbons (Fsp3) is 0.312. The Morgan fingerprint density at radius 2 is 2.30 bits per heavy atom. The number of aromatic hydroxyl groups is 1. The van der Waals surface area contributed by atoms with E-state index in [0.29, 0.717) is 23.6 Å². The summed E-state index contributed by atoms with van der Waals surface area (Å²) < 4.78 is 5.26. The molecule has 23 heavy (non-hydrogen) atoms. The van der Waals surface area contributed by atoms with Crippen LogP contribution in [-0.4, -0.2) is 29.5 Å². The second-order valence-corrected chi connectivity index (χ2v) is 5.19. The van der Waals surface area contributed by atoms with E-state index in [1.165, 1.54) is 18.4 Å². The zero-order valence-electron chi connectivity index (χ0n) is 12.9. The largest absolute Gasteiger partial charge is 0.504 e. The van der Waals surface area contributed by atoms with Gasteiger partial charge >= 0.3 is 0 Å². The zero-order chi connectivity index (χ0) is 16.8. The minimum Gasteiger partial charge on any atom is -0.504 e. The number of nitrogens with one attached hydrogen (secondary N) is 2. The summed E-state index contributed by atoms with van der Waals surface area (Å²) in [4.78, 5) is 11.8. The highest BCUT2D eigenvalue weighted by molar-refractivity contribution is 6.04. The maximum atomic E-state index is 11.8. The number of ether oxygens (including phenoxy) is 1. The molecule has 1 saturated carbocycles. The summed E-state index contributed by atoms with van der Waals surface area (Å²) in [5.74, 6) is 0.0631. The Bertz CT molecular complexity index is 663. The molecule has 1 fully saturated rings. The summed E-state index contributed by atoms with van der Waals surface area (Å²) in [5, 5.41) is 21.1. The molecule has 0 unspecified atom stereocenters. The Morgan fingerprint density at radius 3 is 2.96 bits per heavy atom. The fourth-order valence-electron chi connectivity index (χ4n) is 1.86. The number of carbonyl (C=O) groups excluding carboxylic acids is 1. The molecule has 1 aromatic carbocycles. The molecule has 1 aliphatic rings. The molecule has 0 aliphatic heterocycles. The number of rotatable bonds is 7. The van der Waals surface area contributed by atoms with Crippen molar-refractivity contribution in [2.24, 2.45) is 16.8 Å². The van der Waals surface area contributed by atoms with Crippen LogP contribution < -0.4 is 15.9 Å². The van der Waals surface area contributed by atoms with E-state index in [1.54, 1.807) is 12.1 Å². The molecular formula is C16H20N4O3. The molecule has 0 aromatic heterocycles. The van der Waals surface area contributed by atoms with Gasteiger partial charge in [0, 0.05) is 11.6 Å². The van der Waals surface area contributed by atoms with Crippen molar-refractivity contribution >= 4 is 17.8 Å². The number of benzene rings is 1. The predicted octanol–water partition coefficient (Wildman–Crippen LogP) is 1.51. The lowest BCUT2D eigenvalue weighted by atomic mass is 10.2. The zero-order valence-corrected chi connectivity index (χ0v) is 12.9. The van der Waals surface area contributed by atoms with Crippen molar-refractivity contribution in [3.63, 3.8) is 0 Å². The summed E-state index contributed by atoms with van der Waals surface area (Å²) in [6, 6.07) is 4.73. The van der Waals surface area contributed by atoms with E-state index in [9.17, 15) is 9.90 Å². The number of hydrazone groups is 1. The maximum absolute atomic E-state index is 11.8. The summed E-state index contributed by atoms with van der Waals surface area (Å²) in [5.41, 5.74) is 8.91. The van der Waals surface area contributed by atoms with Crippen LogP contribution in [-0.2, 0) is 4.79 Å². The van der Waals surface area contributed by atoms with Gasteiger partial charge in [0.25, 0.3) is 5.91 Å². The molecule has 1 amide bonds. The first-order valence-electron chi connectivity index (χ1n) is 7.36. The number of nitrogens with two attached hydrogens (primary N) is 1. The molecule has 0 radical (unpaired) electrons. The minimum atomic E-state index is -0.560. The van der Waals surface area contributed by atoms with E-state index < -0.39 is 5.91 Å². The van der Waals surface area contributed by atoms with Crippen LogP contribution in [0.25, 0.3) is 0 Å². The minimum absolute atomic E-state index is 0.0406. The third kappa shape index (κ3) is 4.84. The third-order valence-electron chi connectivity index (χ3n) is 3.25. The van der Waals surface area contributed by atoms with Gasteiger partial charge < -0.3 is 21.0 Å². The number of nitrogens with zero attached hydrogens (tertiary/aromatic N) is 1. The van der Waals surface area contributed by atoms with E-state index in [-0.39, 0.29) is 17.4 Å². The number of carbonyl (C=O) groups is 1. The second kappa shape index (κ2) is 7.44. The van der Waals surface area contributed by atoms with Crippen LogP contribution in [0.1, 0.15) is 25.3 Å². The van der Waals surface area contributed by atoms with Gasteiger partial charge in [-0.1, -0.05) is 0 Å². The van der Waals surface area contributed by atoms with Crippen LogP contribution in [0.2, 0.25) is 0 Å². The highest BCUT2D eigenvalue weighted by Crippen LogP contribution is 2.30. The number of allylic oxidation sites excluding steroid dienone is 1. The molecule has 7 heteroatoms. The normalized spacial score (nSPS) is 14.7. The lowest BCUT2D eigenvalue weighted by Gasteiger charge is -2.06. The van der Waals surface area contributed by atoms with E-state index in [0.717, 1.165) is 12.8 Å². The van der Waals surface area contributed by atoms with Gasteiger partial charge in [-0.25, -0.2) is 5.43 Å². The first-order chi connectivity index (χ1) is 11.0. The van der Waals surface area contributed by atoms with Crippen molar-refractivity contribution in [2.75, 3.05) is 6.61 Å². The van der Waals surface area contributed by atoms with Gasteiger partial charge in [0.05, 0.1) is 12.8 Å². The average Bonchev–Trinajstić information content (AvgIpc) is 3.35. The van der Waals surface area contributed by atoms with Crippen LogP contribution in [0.15, 0.2) is 35.1 Å². The number of phenols is 1. The van der Waals surface area contributed by atoms with E-state index >= 15 is 0 Å². The molecule has 7 nitrogen and oxygen atoms in total. The van der Waals surface area contributed by atoms with Crippen LogP contribution in [0.5, 0.6) is 11.5 Å². The third-order valence-corrected chi connectivity index (χ3v) is 3.25.